The van der Waals surface area contributed by atoms with Gasteiger partial charge >= 0.3 is 0 Å². The average Bonchev–Trinajstić information content (AvgIpc) is 3.48. The van der Waals surface area contributed by atoms with E-state index in [1.165, 1.54) is 0 Å². The number of nitrogens with zero attached hydrogens (tertiary/aromatic N) is 2. The molecule has 152 valence electrons. The van der Waals surface area contributed by atoms with Gasteiger partial charge in [-0.2, -0.15) is 5.10 Å². The van der Waals surface area contributed by atoms with Crippen molar-refractivity contribution in [2.75, 3.05) is 6.54 Å². The molecule has 1 aliphatic carbocycles. The van der Waals surface area contributed by atoms with Crippen molar-refractivity contribution in [2.45, 2.75) is 25.4 Å². The Kier molecular flexibility index (Phi) is 6.96. The molecule has 7 heteroatoms. The van der Waals surface area contributed by atoms with Gasteiger partial charge in [0.15, 0.2) is 0 Å². The monoisotopic (exact) mass is 430 g/mol. The van der Waals surface area contributed by atoms with E-state index < -0.39 is 0 Å². The van der Waals surface area contributed by atoms with Gasteiger partial charge in [-0.15, -0.1) is 12.4 Å². The van der Waals surface area contributed by atoms with Gasteiger partial charge in [0.05, 0.1) is 12.1 Å². The Morgan fingerprint density at radius 2 is 1.86 bits per heavy atom. The number of halogens is 2. The van der Waals surface area contributed by atoms with Crippen molar-refractivity contribution in [1.29, 1.82) is 0 Å². The van der Waals surface area contributed by atoms with Crippen LogP contribution < -0.4 is 11.1 Å². The first-order chi connectivity index (χ1) is 13.6. The molecule has 2 aromatic carbocycles. The number of hydrogen-bond acceptors (Lipinski definition) is 3. The van der Waals surface area contributed by atoms with Crippen LogP contribution in [0.2, 0.25) is 5.02 Å². The Bertz CT molecular complexity index is 953. The fourth-order valence-electron chi connectivity index (χ4n) is 3.26. The lowest BCUT2D eigenvalue weighted by Gasteiger charge is -2.11. The summed E-state index contributed by atoms with van der Waals surface area (Å²) in [7, 11) is 0. The highest BCUT2D eigenvalue weighted by molar-refractivity contribution is 6.30. The van der Waals surface area contributed by atoms with Crippen LogP contribution in [0.1, 0.15) is 28.8 Å². The quantitative estimate of drug-likeness (QED) is 0.591. The number of amides is 1. The van der Waals surface area contributed by atoms with E-state index in [1.807, 2.05) is 42.5 Å². The average molecular weight is 431 g/mol. The summed E-state index contributed by atoms with van der Waals surface area (Å²) >= 11 is 6.02. The van der Waals surface area contributed by atoms with Gasteiger partial charge in [0, 0.05) is 29.4 Å². The minimum atomic E-state index is -0.152. The Morgan fingerprint density at radius 1 is 1.17 bits per heavy atom. The van der Waals surface area contributed by atoms with Crippen molar-refractivity contribution < 1.29 is 4.79 Å². The summed E-state index contributed by atoms with van der Waals surface area (Å²) in [4.78, 5) is 12.9. The van der Waals surface area contributed by atoms with Crippen LogP contribution in [0.5, 0.6) is 0 Å². The molecule has 0 radical (unpaired) electrons. The van der Waals surface area contributed by atoms with Crippen LogP contribution in [-0.4, -0.2) is 28.3 Å². The predicted molar refractivity (Wildman–Crippen MR) is 118 cm³/mol. The maximum atomic E-state index is 12.9. The van der Waals surface area contributed by atoms with E-state index >= 15 is 0 Å². The van der Waals surface area contributed by atoms with Crippen LogP contribution in [0.25, 0.3) is 11.3 Å². The van der Waals surface area contributed by atoms with Gasteiger partial charge in [-0.25, -0.2) is 0 Å². The van der Waals surface area contributed by atoms with Crippen LogP contribution in [0.3, 0.4) is 0 Å². The van der Waals surface area contributed by atoms with Gasteiger partial charge in [0.2, 0.25) is 0 Å². The van der Waals surface area contributed by atoms with E-state index in [4.69, 9.17) is 17.3 Å². The smallest absolute Gasteiger partial charge is 0.255 e. The van der Waals surface area contributed by atoms with Crippen LogP contribution >= 0.6 is 24.0 Å². The summed E-state index contributed by atoms with van der Waals surface area (Å²) in [5.41, 5.74) is 9.29. The molecule has 0 saturated heterocycles. The molecule has 3 aromatic rings. The molecule has 29 heavy (non-hydrogen) atoms. The molecular weight excluding hydrogens is 407 g/mol. The molecule has 1 aliphatic rings. The Balaban J connectivity index is 0.00000240. The summed E-state index contributed by atoms with van der Waals surface area (Å²) in [6.45, 7) is 1.07. The summed E-state index contributed by atoms with van der Waals surface area (Å²) in [6, 6.07) is 17.4. The van der Waals surface area contributed by atoms with Crippen molar-refractivity contribution in [2.24, 2.45) is 11.7 Å². The minimum absolute atomic E-state index is 0. The number of carbonyl (C=O) groups excluding carboxylic acids is 1. The zero-order chi connectivity index (χ0) is 19.5. The minimum Gasteiger partial charge on any atom is -0.350 e. The first-order valence-electron chi connectivity index (χ1n) is 9.51. The van der Waals surface area contributed by atoms with Crippen LogP contribution in [0, 0.1) is 5.92 Å². The third kappa shape index (κ3) is 5.38. The number of benzene rings is 2. The van der Waals surface area contributed by atoms with Crippen LogP contribution in [0.4, 0.5) is 0 Å². The number of nitrogens with two attached hydrogens (primary N) is 1. The lowest BCUT2D eigenvalue weighted by atomic mass is 10.1. The third-order valence-corrected chi connectivity index (χ3v) is 5.29. The molecule has 0 aliphatic heterocycles. The molecule has 4 rings (SSSR count). The van der Waals surface area contributed by atoms with E-state index in [2.05, 4.69) is 10.4 Å². The van der Waals surface area contributed by atoms with Gasteiger partial charge in [-0.1, -0.05) is 54.1 Å². The van der Waals surface area contributed by atoms with Gasteiger partial charge < -0.3 is 11.1 Å². The highest BCUT2D eigenvalue weighted by Crippen LogP contribution is 2.31. The highest BCUT2D eigenvalue weighted by Gasteiger charge is 2.29. The van der Waals surface area contributed by atoms with Crippen molar-refractivity contribution in [1.82, 2.24) is 15.1 Å². The molecule has 1 amide bonds. The van der Waals surface area contributed by atoms with E-state index in [0.29, 0.717) is 35.3 Å². The second-order valence-electron chi connectivity index (χ2n) is 7.29. The number of rotatable bonds is 7. The zero-order valence-corrected chi connectivity index (χ0v) is 17.5. The maximum Gasteiger partial charge on any atom is 0.255 e. The van der Waals surface area contributed by atoms with E-state index in [9.17, 15) is 4.79 Å². The molecule has 1 unspecified atom stereocenters. The fourth-order valence-corrected chi connectivity index (χ4v) is 3.38. The number of nitrogens with one attached hydrogen (secondary N) is 1. The summed E-state index contributed by atoms with van der Waals surface area (Å²) < 4.78 is 1.80. The zero-order valence-electron chi connectivity index (χ0n) is 15.9. The molecule has 1 fully saturated rings. The predicted octanol–water partition coefficient (Wildman–Crippen LogP) is 4.14. The molecule has 5 nitrogen and oxygen atoms in total. The lowest BCUT2D eigenvalue weighted by Crippen LogP contribution is -2.38. The van der Waals surface area contributed by atoms with Crippen molar-refractivity contribution in [3.63, 3.8) is 0 Å². The van der Waals surface area contributed by atoms with Gasteiger partial charge in [-0.05, 0) is 36.5 Å². The Morgan fingerprint density at radius 3 is 2.52 bits per heavy atom. The summed E-state index contributed by atoms with van der Waals surface area (Å²) in [6.07, 6.45) is 4.11. The number of carbonyl (C=O) groups is 1. The van der Waals surface area contributed by atoms with Crippen molar-refractivity contribution >= 4 is 29.9 Å². The fraction of sp³-hybridized carbons (Fsp3) is 0.273. The number of hydrogen-bond donors (Lipinski definition) is 2. The Hall–Kier alpha value is -2.34. The molecule has 1 heterocycles. The molecule has 1 aromatic heterocycles. The highest BCUT2D eigenvalue weighted by atomic mass is 35.5. The molecule has 0 spiro atoms. The van der Waals surface area contributed by atoms with Crippen LogP contribution in [0.15, 0.2) is 60.8 Å². The first-order valence-corrected chi connectivity index (χ1v) is 9.89. The summed E-state index contributed by atoms with van der Waals surface area (Å²) in [5.74, 6) is 0.386. The van der Waals surface area contributed by atoms with Gasteiger partial charge in [0.25, 0.3) is 5.91 Å². The molecule has 1 atom stereocenters. The van der Waals surface area contributed by atoms with Gasteiger partial charge in [0.1, 0.15) is 5.69 Å². The molecule has 3 N–H and O–H groups in total. The topological polar surface area (TPSA) is 72.9 Å². The second-order valence-corrected chi connectivity index (χ2v) is 7.73. The first kappa shape index (κ1) is 21.4. The van der Waals surface area contributed by atoms with Crippen LogP contribution in [-0.2, 0) is 6.54 Å². The maximum absolute atomic E-state index is 12.9. The van der Waals surface area contributed by atoms with Crippen molar-refractivity contribution in [3.05, 3.63) is 76.9 Å². The van der Waals surface area contributed by atoms with E-state index in [-0.39, 0.29) is 24.4 Å². The van der Waals surface area contributed by atoms with E-state index in [0.717, 1.165) is 24.0 Å². The standard InChI is InChI=1S/C22H23ClN4O.ClH/c23-18-10-8-17(9-11-18)21-19(22(28)25-12-20(24)16-6-7-16)14-27(26-21)13-15-4-2-1-3-5-15;/h1-5,8-11,14,16,20H,6-7,12-13,24H2,(H,25,28);1H. The molecule has 0 bridgehead atoms. The SMILES string of the molecule is Cl.NC(CNC(=O)c1cn(Cc2ccccc2)nc1-c1ccc(Cl)cc1)C1CC1. The third-order valence-electron chi connectivity index (χ3n) is 5.04. The number of aromatic nitrogens is 2. The van der Waals surface area contributed by atoms with E-state index in [1.54, 1.807) is 23.0 Å². The largest absolute Gasteiger partial charge is 0.350 e. The lowest BCUT2D eigenvalue weighted by molar-refractivity contribution is 0.0951. The molecular formula is C22H24Cl2N4O. The normalized spacial score (nSPS) is 14.1. The molecule has 1 saturated carbocycles. The Labute approximate surface area is 181 Å². The van der Waals surface area contributed by atoms with Crippen molar-refractivity contribution in [3.8, 4) is 11.3 Å². The summed E-state index contributed by atoms with van der Waals surface area (Å²) in [5, 5.41) is 8.31. The second kappa shape index (κ2) is 9.44. The van der Waals surface area contributed by atoms with Gasteiger partial charge in [-0.3, -0.25) is 9.48 Å².